The first-order valence-corrected chi connectivity index (χ1v) is 12.3. The van der Waals surface area contributed by atoms with Gasteiger partial charge in [0.05, 0.1) is 10.9 Å². The predicted molar refractivity (Wildman–Crippen MR) is 131 cm³/mol. The second-order valence-corrected chi connectivity index (χ2v) is 10.0. The molecule has 1 unspecified atom stereocenters. The van der Waals surface area contributed by atoms with Crippen molar-refractivity contribution in [3.05, 3.63) is 77.5 Å². The fourth-order valence-corrected chi connectivity index (χ4v) is 5.94. The molecule has 1 N–H and O–H groups in total. The van der Waals surface area contributed by atoms with E-state index in [1.54, 1.807) is 6.20 Å². The van der Waals surface area contributed by atoms with Gasteiger partial charge in [-0.1, -0.05) is 54.4 Å². The van der Waals surface area contributed by atoms with E-state index in [0.717, 1.165) is 56.0 Å². The summed E-state index contributed by atoms with van der Waals surface area (Å²) in [6.07, 6.45) is 8.27. The molecule has 2 heterocycles. The van der Waals surface area contributed by atoms with Crippen LogP contribution in [0.15, 0.2) is 60.8 Å². The van der Waals surface area contributed by atoms with Gasteiger partial charge in [0.15, 0.2) is 5.78 Å². The average molecular weight is 441 g/mol. The second-order valence-electron chi connectivity index (χ2n) is 10.0. The first-order chi connectivity index (χ1) is 16.0. The van der Waals surface area contributed by atoms with Gasteiger partial charge in [0.25, 0.3) is 0 Å². The number of amides is 1. The summed E-state index contributed by atoms with van der Waals surface area (Å²) in [5, 5.41) is 4.17. The van der Waals surface area contributed by atoms with Crippen molar-refractivity contribution < 1.29 is 9.59 Å². The van der Waals surface area contributed by atoms with Crippen molar-refractivity contribution in [2.24, 2.45) is 11.3 Å². The van der Waals surface area contributed by atoms with Crippen LogP contribution in [0.2, 0.25) is 0 Å². The topological polar surface area (TPSA) is 59.1 Å². The molecule has 2 aromatic carbocycles. The number of carbonyl (C=O) groups excluding carboxylic acids is 2. The van der Waals surface area contributed by atoms with Gasteiger partial charge in [0.1, 0.15) is 0 Å². The Labute approximate surface area is 195 Å². The van der Waals surface area contributed by atoms with Crippen molar-refractivity contribution in [1.82, 2.24) is 10.3 Å². The minimum atomic E-state index is -0.252. The molecule has 5 rings (SSSR count). The summed E-state index contributed by atoms with van der Waals surface area (Å²) < 4.78 is 0. The number of Topliss-reactive ketones (excluding diaryl/α,β-unsaturated/α-hetero) is 1. The van der Waals surface area contributed by atoms with Crippen LogP contribution in [0, 0.1) is 18.3 Å². The number of nitrogens with one attached hydrogen (secondary N) is 1. The summed E-state index contributed by atoms with van der Waals surface area (Å²) in [6, 6.07) is 18.6. The monoisotopic (exact) mass is 440 g/mol. The van der Waals surface area contributed by atoms with Crippen LogP contribution in [0.5, 0.6) is 0 Å². The number of benzene rings is 2. The van der Waals surface area contributed by atoms with Gasteiger partial charge < -0.3 is 5.32 Å². The van der Waals surface area contributed by atoms with E-state index in [2.05, 4.69) is 41.5 Å². The molecule has 4 nitrogen and oxygen atoms in total. The van der Waals surface area contributed by atoms with Gasteiger partial charge in [0, 0.05) is 36.0 Å². The normalized spacial score (nSPS) is 24.8. The van der Waals surface area contributed by atoms with Crippen LogP contribution in [0.1, 0.15) is 72.3 Å². The van der Waals surface area contributed by atoms with Gasteiger partial charge in [-0.25, -0.2) is 0 Å². The molecule has 170 valence electrons. The Balaban J connectivity index is 1.16. The number of ketones is 1. The van der Waals surface area contributed by atoms with E-state index in [0.29, 0.717) is 17.9 Å². The molecule has 33 heavy (non-hydrogen) atoms. The molecule has 1 saturated carbocycles. The highest BCUT2D eigenvalue weighted by Crippen LogP contribution is 2.52. The van der Waals surface area contributed by atoms with E-state index in [4.69, 9.17) is 0 Å². The summed E-state index contributed by atoms with van der Waals surface area (Å²) in [6.45, 7) is 2.85. The maximum Gasteiger partial charge on any atom is 0.226 e. The Hall–Kier alpha value is -3.01. The second kappa shape index (κ2) is 9.09. The van der Waals surface area contributed by atoms with Crippen LogP contribution in [-0.2, 0) is 4.79 Å². The maximum absolute atomic E-state index is 12.9. The molecule has 3 aromatic rings. The van der Waals surface area contributed by atoms with Crippen LogP contribution < -0.4 is 5.32 Å². The molecule has 1 aliphatic heterocycles. The Morgan fingerprint density at radius 3 is 2.64 bits per heavy atom. The Kier molecular flexibility index (Phi) is 6.01. The Morgan fingerprint density at radius 1 is 1.09 bits per heavy atom. The molecule has 0 bridgehead atoms. The highest BCUT2D eigenvalue weighted by molar-refractivity contribution is 5.98. The summed E-state index contributed by atoms with van der Waals surface area (Å²) in [5.41, 5.74) is 3.91. The highest BCUT2D eigenvalue weighted by Gasteiger charge is 2.51. The number of fused-ring (bicyclic) bond motifs is 1. The number of aromatic nitrogens is 1. The van der Waals surface area contributed by atoms with Crippen LogP contribution >= 0.6 is 0 Å². The van der Waals surface area contributed by atoms with Crippen LogP contribution in [-0.4, -0.2) is 23.2 Å². The van der Waals surface area contributed by atoms with Crippen LogP contribution in [0.4, 0.5) is 0 Å². The van der Waals surface area contributed by atoms with E-state index >= 15 is 0 Å². The number of nitrogens with zero attached hydrogens (tertiary/aromatic N) is 1. The van der Waals surface area contributed by atoms with Crippen molar-refractivity contribution in [2.45, 2.75) is 57.8 Å². The van der Waals surface area contributed by atoms with Gasteiger partial charge in [-0.2, -0.15) is 0 Å². The third kappa shape index (κ3) is 4.31. The Morgan fingerprint density at radius 2 is 1.85 bits per heavy atom. The quantitative estimate of drug-likeness (QED) is 0.479. The first-order valence-electron chi connectivity index (χ1n) is 12.3. The molecular weight excluding hydrogens is 408 g/mol. The van der Waals surface area contributed by atoms with Gasteiger partial charge in [0.2, 0.25) is 5.91 Å². The van der Waals surface area contributed by atoms with Crippen molar-refractivity contribution in [3.8, 4) is 0 Å². The van der Waals surface area contributed by atoms with Crippen molar-refractivity contribution in [1.29, 1.82) is 0 Å². The Bertz CT molecular complexity index is 1160. The third-order valence-electron chi connectivity index (χ3n) is 7.99. The van der Waals surface area contributed by atoms with Crippen LogP contribution in [0.25, 0.3) is 10.9 Å². The summed E-state index contributed by atoms with van der Waals surface area (Å²) in [5.74, 6) is 1.29. The number of aryl methyl sites for hydroxylation is 1. The molecule has 1 aromatic heterocycles. The number of hydrogen-bond donors (Lipinski definition) is 1. The SMILES string of the molecule is Cc1ccc(C2CNC(=O)C23CCC(CCCC(=O)c2cnc4ccccc4c2)CC3)cc1. The highest BCUT2D eigenvalue weighted by atomic mass is 16.2. The lowest BCUT2D eigenvalue weighted by molar-refractivity contribution is -0.130. The fourth-order valence-electron chi connectivity index (χ4n) is 5.94. The van der Waals surface area contributed by atoms with Gasteiger partial charge in [-0.05, 0) is 62.6 Å². The molecule has 4 heteroatoms. The van der Waals surface area contributed by atoms with E-state index < -0.39 is 0 Å². The van der Waals surface area contributed by atoms with E-state index in [1.165, 1.54) is 11.1 Å². The predicted octanol–water partition coefficient (Wildman–Crippen LogP) is 5.99. The molecule has 2 fully saturated rings. The minimum absolute atomic E-state index is 0.176. The lowest BCUT2D eigenvalue weighted by Gasteiger charge is -2.39. The number of carbonyl (C=O) groups is 2. The molecular formula is C29H32N2O2. The molecule has 1 amide bonds. The number of hydrogen-bond acceptors (Lipinski definition) is 3. The minimum Gasteiger partial charge on any atom is -0.355 e. The largest absolute Gasteiger partial charge is 0.355 e. The standard InChI is InChI=1S/C29H32N2O2/c1-20-9-11-22(12-10-20)25-19-31-28(33)29(25)15-13-21(14-16-29)5-4-8-27(32)24-17-23-6-2-3-7-26(23)30-18-24/h2-3,6-7,9-12,17-18,21,25H,4-5,8,13-16,19H2,1H3,(H,31,33). The summed E-state index contributed by atoms with van der Waals surface area (Å²) in [7, 11) is 0. The van der Waals surface area contributed by atoms with Crippen molar-refractivity contribution in [3.63, 3.8) is 0 Å². The van der Waals surface area contributed by atoms with E-state index in [9.17, 15) is 9.59 Å². The molecule has 2 aliphatic rings. The zero-order valence-corrected chi connectivity index (χ0v) is 19.3. The average Bonchev–Trinajstić information content (AvgIpc) is 3.16. The smallest absolute Gasteiger partial charge is 0.226 e. The van der Waals surface area contributed by atoms with Gasteiger partial charge in [-0.3, -0.25) is 14.6 Å². The molecule has 0 radical (unpaired) electrons. The van der Waals surface area contributed by atoms with Gasteiger partial charge in [-0.15, -0.1) is 0 Å². The number of pyridine rings is 1. The molecule has 1 spiro atoms. The zero-order valence-electron chi connectivity index (χ0n) is 19.3. The zero-order chi connectivity index (χ0) is 22.8. The van der Waals surface area contributed by atoms with Crippen molar-refractivity contribution >= 4 is 22.6 Å². The number of rotatable bonds is 6. The first kappa shape index (κ1) is 21.8. The lowest BCUT2D eigenvalue weighted by Crippen LogP contribution is -2.38. The fraction of sp³-hybridized carbons (Fsp3) is 0.414. The van der Waals surface area contributed by atoms with Gasteiger partial charge >= 0.3 is 0 Å². The maximum atomic E-state index is 12.9. The lowest BCUT2D eigenvalue weighted by atomic mass is 9.62. The third-order valence-corrected chi connectivity index (χ3v) is 7.99. The molecule has 1 aliphatic carbocycles. The molecule has 1 saturated heterocycles. The molecule has 1 atom stereocenters. The summed E-state index contributed by atoms with van der Waals surface area (Å²) >= 11 is 0. The van der Waals surface area contributed by atoms with Crippen LogP contribution in [0.3, 0.4) is 0 Å². The number of para-hydroxylation sites is 1. The van der Waals surface area contributed by atoms with Crippen molar-refractivity contribution in [2.75, 3.05) is 6.54 Å². The van der Waals surface area contributed by atoms with E-state index in [-0.39, 0.29) is 23.0 Å². The van der Waals surface area contributed by atoms with E-state index in [1.807, 2.05) is 30.3 Å². The summed E-state index contributed by atoms with van der Waals surface area (Å²) in [4.78, 5) is 30.0.